The van der Waals surface area contributed by atoms with Crippen molar-refractivity contribution in [1.82, 2.24) is 9.55 Å². The lowest BCUT2D eigenvalue weighted by Gasteiger charge is -2.17. The highest BCUT2D eigenvalue weighted by Gasteiger charge is 2.33. The zero-order valence-corrected chi connectivity index (χ0v) is 13.5. The van der Waals surface area contributed by atoms with E-state index in [0.29, 0.717) is 11.3 Å². The number of carbonyl (C=O) groups excluding carboxylic acids is 1. The third kappa shape index (κ3) is 3.53. The molecule has 0 aliphatic heterocycles. The maximum absolute atomic E-state index is 13.7. The van der Waals surface area contributed by atoms with Crippen LogP contribution in [-0.2, 0) is 22.4 Å². The summed E-state index contributed by atoms with van der Waals surface area (Å²) in [5.74, 6) is -0.409. The molecular formula is C14H15ClF2N2O4. The molecule has 1 aromatic carbocycles. The van der Waals surface area contributed by atoms with Gasteiger partial charge in [0.1, 0.15) is 17.9 Å². The van der Waals surface area contributed by atoms with Crippen molar-refractivity contribution < 1.29 is 27.8 Å². The minimum absolute atomic E-state index is 0.0624. The average Bonchev–Trinajstić information content (AvgIpc) is 2.83. The maximum Gasteiger partial charge on any atom is 0.421 e. The zero-order valence-electron chi connectivity index (χ0n) is 12.7. The first-order valence-corrected chi connectivity index (χ1v) is 7.05. The van der Waals surface area contributed by atoms with Gasteiger partial charge in [-0.25, -0.2) is 9.78 Å². The fourth-order valence-electron chi connectivity index (χ4n) is 2.10. The summed E-state index contributed by atoms with van der Waals surface area (Å²) < 4.78 is 42.8. The summed E-state index contributed by atoms with van der Waals surface area (Å²) in [6.45, 7) is -0.938. The SMILES string of the molecule is COCC(F)(F)Oc1cc(C(=O)OC)cc2c1nc(CCl)n2C. The number of rotatable bonds is 6. The van der Waals surface area contributed by atoms with E-state index in [1.807, 2.05) is 0 Å². The fourth-order valence-corrected chi connectivity index (χ4v) is 2.33. The lowest BCUT2D eigenvalue weighted by molar-refractivity contribution is -0.205. The van der Waals surface area contributed by atoms with Gasteiger partial charge in [0.15, 0.2) is 5.75 Å². The minimum Gasteiger partial charge on any atom is -0.465 e. The Kier molecular flexibility index (Phi) is 5.06. The number of aryl methyl sites for hydroxylation is 1. The second kappa shape index (κ2) is 6.67. The Balaban J connectivity index is 2.62. The molecule has 0 spiro atoms. The Bertz CT molecular complexity index is 733. The van der Waals surface area contributed by atoms with Gasteiger partial charge in [-0.05, 0) is 12.1 Å². The van der Waals surface area contributed by atoms with Gasteiger partial charge in [-0.2, -0.15) is 8.78 Å². The summed E-state index contributed by atoms with van der Waals surface area (Å²) >= 11 is 5.78. The molecule has 0 N–H and O–H groups in total. The minimum atomic E-state index is -3.57. The molecule has 2 aromatic rings. The van der Waals surface area contributed by atoms with E-state index >= 15 is 0 Å². The van der Waals surface area contributed by atoms with E-state index in [9.17, 15) is 13.6 Å². The molecule has 0 saturated carbocycles. The number of methoxy groups -OCH3 is 2. The Labute approximate surface area is 135 Å². The molecule has 23 heavy (non-hydrogen) atoms. The predicted molar refractivity (Wildman–Crippen MR) is 79.1 cm³/mol. The Morgan fingerprint density at radius 2 is 2.09 bits per heavy atom. The molecule has 1 heterocycles. The van der Waals surface area contributed by atoms with Gasteiger partial charge in [0.05, 0.1) is 24.1 Å². The zero-order chi connectivity index (χ0) is 17.2. The van der Waals surface area contributed by atoms with Crippen LogP contribution in [-0.4, -0.2) is 42.5 Å². The van der Waals surface area contributed by atoms with E-state index < -0.39 is 18.7 Å². The topological polar surface area (TPSA) is 62.6 Å². The molecule has 0 bridgehead atoms. The molecule has 126 valence electrons. The lowest BCUT2D eigenvalue weighted by atomic mass is 10.2. The molecule has 1 aromatic heterocycles. The quantitative estimate of drug-likeness (QED) is 0.593. The van der Waals surface area contributed by atoms with Crippen LogP contribution in [0.25, 0.3) is 11.0 Å². The van der Waals surface area contributed by atoms with Crippen molar-refractivity contribution in [1.29, 1.82) is 0 Å². The molecule has 0 atom stereocenters. The van der Waals surface area contributed by atoms with Crippen LogP contribution >= 0.6 is 11.6 Å². The highest BCUT2D eigenvalue weighted by molar-refractivity contribution is 6.17. The molecule has 0 unspecified atom stereocenters. The third-order valence-corrected chi connectivity index (χ3v) is 3.40. The van der Waals surface area contributed by atoms with Gasteiger partial charge in [-0.1, -0.05) is 0 Å². The molecule has 0 amide bonds. The second-order valence-corrected chi connectivity index (χ2v) is 4.99. The molecule has 0 aliphatic rings. The fraction of sp³-hybridized carbons (Fsp3) is 0.429. The number of esters is 1. The largest absolute Gasteiger partial charge is 0.465 e. The smallest absolute Gasteiger partial charge is 0.421 e. The monoisotopic (exact) mass is 348 g/mol. The van der Waals surface area contributed by atoms with Gasteiger partial charge in [-0.3, -0.25) is 0 Å². The first-order chi connectivity index (χ1) is 10.8. The Morgan fingerprint density at radius 1 is 1.39 bits per heavy atom. The van der Waals surface area contributed by atoms with Gasteiger partial charge in [0.2, 0.25) is 0 Å². The number of imidazole rings is 1. The summed E-state index contributed by atoms with van der Waals surface area (Å²) in [6, 6.07) is 2.63. The van der Waals surface area contributed by atoms with Crippen LogP contribution in [0.4, 0.5) is 8.78 Å². The molecule has 0 saturated heterocycles. The van der Waals surface area contributed by atoms with E-state index in [1.54, 1.807) is 11.6 Å². The highest BCUT2D eigenvalue weighted by Crippen LogP contribution is 2.32. The number of alkyl halides is 3. The maximum atomic E-state index is 13.7. The van der Waals surface area contributed by atoms with Gasteiger partial charge >= 0.3 is 12.1 Å². The van der Waals surface area contributed by atoms with E-state index in [1.165, 1.54) is 13.2 Å². The summed E-state index contributed by atoms with van der Waals surface area (Å²) in [7, 11) is 3.98. The lowest BCUT2D eigenvalue weighted by Crippen LogP contribution is -2.30. The van der Waals surface area contributed by atoms with Crippen molar-refractivity contribution in [2.75, 3.05) is 20.8 Å². The van der Waals surface area contributed by atoms with Crippen molar-refractivity contribution in [2.24, 2.45) is 7.05 Å². The molecular weight excluding hydrogens is 334 g/mol. The molecule has 0 radical (unpaired) electrons. The molecule has 0 aliphatic carbocycles. The number of benzene rings is 1. The standard InChI is InChI=1S/C14H15ClF2N2O4/c1-19-9-4-8(13(20)22-3)5-10(12(9)18-11(19)6-15)23-14(16,17)7-21-2/h4-5H,6-7H2,1-3H3. The Morgan fingerprint density at radius 3 is 2.65 bits per heavy atom. The number of carbonyl (C=O) groups is 1. The normalized spacial score (nSPS) is 11.7. The summed E-state index contributed by atoms with van der Waals surface area (Å²) in [4.78, 5) is 15.9. The van der Waals surface area contributed by atoms with Gasteiger partial charge in [-0.15, -0.1) is 11.6 Å². The number of hydrogen-bond acceptors (Lipinski definition) is 5. The van der Waals surface area contributed by atoms with E-state index in [-0.39, 0.29) is 22.7 Å². The van der Waals surface area contributed by atoms with Crippen molar-refractivity contribution in [3.8, 4) is 5.75 Å². The number of halogens is 3. The van der Waals surface area contributed by atoms with Crippen molar-refractivity contribution in [3.05, 3.63) is 23.5 Å². The van der Waals surface area contributed by atoms with Crippen molar-refractivity contribution in [2.45, 2.75) is 12.0 Å². The van der Waals surface area contributed by atoms with Crippen LogP contribution in [0.5, 0.6) is 5.75 Å². The van der Waals surface area contributed by atoms with Gasteiger partial charge in [0, 0.05) is 14.2 Å². The number of aromatic nitrogens is 2. The van der Waals surface area contributed by atoms with Crippen molar-refractivity contribution in [3.63, 3.8) is 0 Å². The van der Waals surface area contributed by atoms with Gasteiger partial charge in [0.25, 0.3) is 0 Å². The first-order valence-electron chi connectivity index (χ1n) is 6.52. The number of ether oxygens (including phenoxy) is 3. The second-order valence-electron chi connectivity index (χ2n) is 4.73. The Hall–Kier alpha value is -1.93. The van der Waals surface area contributed by atoms with E-state index in [0.717, 1.165) is 13.2 Å². The molecule has 6 nitrogen and oxygen atoms in total. The molecule has 0 fully saturated rings. The molecule has 9 heteroatoms. The van der Waals surface area contributed by atoms with Crippen LogP contribution in [0.1, 0.15) is 16.2 Å². The highest BCUT2D eigenvalue weighted by atomic mass is 35.5. The van der Waals surface area contributed by atoms with Gasteiger partial charge < -0.3 is 18.8 Å². The predicted octanol–water partition coefficient (Wildman–Crippen LogP) is 2.72. The van der Waals surface area contributed by atoms with Crippen LogP contribution in [0.3, 0.4) is 0 Å². The van der Waals surface area contributed by atoms with Crippen LogP contribution in [0.15, 0.2) is 12.1 Å². The summed E-state index contributed by atoms with van der Waals surface area (Å²) in [5, 5.41) is 0. The van der Waals surface area contributed by atoms with Crippen LogP contribution < -0.4 is 4.74 Å². The summed E-state index contributed by atoms with van der Waals surface area (Å²) in [5.41, 5.74) is 0.658. The number of fused-ring (bicyclic) bond motifs is 1. The number of hydrogen-bond donors (Lipinski definition) is 0. The first kappa shape index (κ1) is 17.4. The van der Waals surface area contributed by atoms with Crippen LogP contribution in [0.2, 0.25) is 0 Å². The average molecular weight is 349 g/mol. The van der Waals surface area contributed by atoms with E-state index in [2.05, 4.69) is 14.5 Å². The molecule has 2 rings (SSSR count). The van der Waals surface area contributed by atoms with E-state index in [4.69, 9.17) is 16.3 Å². The number of nitrogens with zero attached hydrogens (tertiary/aromatic N) is 2. The van der Waals surface area contributed by atoms with Crippen LogP contribution in [0, 0.1) is 0 Å². The summed E-state index contributed by atoms with van der Waals surface area (Å²) in [6.07, 6.45) is -3.57. The third-order valence-electron chi connectivity index (χ3n) is 3.16. The van der Waals surface area contributed by atoms with Crippen molar-refractivity contribution >= 4 is 28.6 Å².